The first-order chi connectivity index (χ1) is 14.0. The molecule has 0 radical (unpaired) electrons. The van der Waals surface area contributed by atoms with Crippen molar-refractivity contribution in [1.82, 2.24) is 0 Å². The van der Waals surface area contributed by atoms with Crippen molar-refractivity contribution in [3.05, 3.63) is 66.8 Å². The maximum absolute atomic E-state index is 12.7. The summed E-state index contributed by atoms with van der Waals surface area (Å²) in [6.45, 7) is 5.30. The third-order valence-electron chi connectivity index (χ3n) is 3.25. The first-order valence-corrected chi connectivity index (χ1v) is 11.5. The number of carbonyl (C=O) groups is 2. The summed E-state index contributed by atoms with van der Waals surface area (Å²) < 4.78 is 76.5. The van der Waals surface area contributed by atoms with Gasteiger partial charge in [0.05, 0.1) is 0 Å². The van der Waals surface area contributed by atoms with Crippen LogP contribution in [0, 0.1) is 0 Å². The van der Waals surface area contributed by atoms with E-state index in [9.17, 15) is 46.1 Å². The molecule has 2 N–H and O–H groups in total. The second-order valence-corrected chi connectivity index (χ2v) is 10.8. The fraction of sp³-hybridized carbons (Fsp3) is 0.222. The number of hydrogen-bond donors (Lipinski definition) is 2. The van der Waals surface area contributed by atoms with E-state index in [1.165, 1.54) is 12.2 Å². The van der Waals surface area contributed by atoms with Crippen LogP contribution in [0.2, 0.25) is 0 Å². The van der Waals surface area contributed by atoms with E-state index in [0.29, 0.717) is 0 Å². The van der Waals surface area contributed by atoms with E-state index >= 15 is 0 Å². The van der Waals surface area contributed by atoms with Crippen molar-refractivity contribution in [2.24, 2.45) is 0 Å². The second-order valence-electron chi connectivity index (χ2n) is 5.59. The van der Waals surface area contributed by atoms with Gasteiger partial charge >= 0.3 is 117 Å². The zero-order chi connectivity index (χ0) is 24.6. The van der Waals surface area contributed by atoms with Gasteiger partial charge in [0.25, 0.3) is 0 Å². The van der Waals surface area contributed by atoms with Crippen molar-refractivity contribution < 1.29 is 79.3 Å². The molecule has 0 aromatic rings. The first-order valence-electron chi connectivity index (χ1n) is 7.87. The molecule has 0 saturated heterocycles. The number of carboxylic acid groups (broad SMARTS) is 2. The molecule has 0 amide bonds. The van der Waals surface area contributed by atoms with Crippen LogP contribution in [0.15, 0.2) is 66.8 Å². The van der Waals surface area contributed by atoms with E-state index in [1.807, 2.05) is 0 Å². The fourth-order valence-electron chi connectivity index (χ4n) is 1.96. The molecule has 0 fully saturated rings. The zero-order valence-corrected chi connectivity index (χ0v) is 19.0. The molecule has 2 aliphatic rings. The Kier molecular flexibility index (Phi) is 10.8. The average Bonchev–Trinajstić information content (AvgIpc) is 3.24. The Morgan fingerprint density at radius 1 is 0.806 bits per heavy atom. The van der Waals surface area contributed by atoms with Crippen LogP contribution in [0.25, 0.3) is 0 Å². The van der Waals surface area contributed by atoms with Crippen LogP contribution in [-0.2, 0) is 32.5 Å². The van der Waals surface area contributed by atoms with Gasteiger partial charge in [0.2, 0.25) is 0 Å². The van der Waals surface area contributed by atoms with Crippen molar-refractivity contribution in [3.8, 4) is 0 Å². The minimum absolute atomic E-state index is 0.145. The number of rotatable bonds is 4. The number of aliphatic hydroxyl groups excluding tert-OH is 2. The van der Waals surface area contributed by atoms with Gasteiger partial charge in [-0.3, -0.25) is 0 Å². The third kappa shape index (κ3) is 10.3. The normalized spacial score (nSPS) is 14.9. The minimum atomic E-state index is -4.46. The summed E-state index contributed by atoms with van der Waals surface area (Å²) in [6, 6.07) is 0. The molecule has 0 aliphatic heterocycles. The number of alkyl halides is 6. The molecule has 0 aromatic carbocycles. The summed E-state index contributed by atoms with van der Waals surface area (Å²) in [4.78, 5) is 18.5. The van der Waals surface area contributed by atoms with Gasteiger partial charge in [-0.2, -0.15) is 0 Å². The van der Waals surface area contributed by atoms with Gasteiger partial charge in [-0.15, -0.1) is 0 Å². The van der Waals surface area contributed by atoms with Gasteiger partial charge in [0, 0.05) is 0 Å². The summed E-state index contributed by atoms with van der Waals surface area (Å²) in [5.74, 6) is -5.13. The molecule has 0 saturated carbocycles. The number of carboxylic acids is 2. The van der Waals surface area contributed by atoms with Gasteiger partial charge in [-0.1, -0.05) is 13.2 Å². The summed E-state index contributed by atoms with van der Waals surface area (Å²) in [5, 5.41) is 34.0. The van der Waals surface area contributed by atoms with Crippen molar-refractivity contribution in [2.75, 3.05) is 0 Å². The molecule has 0 spiro atoms. The van der Waals surface area contributed by atoms with Crippen LogP contribution < -0.4 is 10.2 Å². The van der Waals surface area contributed by atoms with Crippen LogP contribution in [0.4, 0.5) is 26.3 Å². The number of hydrogen-bond acceptors (Lipinski definition) is 6. The van der Waals surface area contributed by atoms with E-state index in [-0.39, 0.29) is 19.5 Å². The number of carbonyl (C=O) groups excluding carboxylic acids is 2. The standard InChI is InChI=1S/2C6H4F3.2C3H4O3.Hf/c2*7-6(8,9)5-3-1-2-4-5;2*1-2(4)3(5)6;/h2*1,3H,2H2;2*4H,1H2,(H,5,6);/q;;;;+2/p-2. The van der Waals surface area contributed by atoms with Crippen LogP contribution in [0.3, 0.4) is 0 Å². The van der Waals surface area contributed by atoms with Gasteiger partial charge in [0.1, 0.15) is 23.5 Å². The molecule has 6 nitrogen and oxygen atoms in total. The molecule has 0 aromatic heterocycles. The van der Waals surface area contributed by atoms with Crippen molar-refractivity contribution in [1.29, 1.82) is 0 Å². The molecule has 31 heavy (non-hydrogen) atoms. The van der Waals surface area contributed by atoms with Crippen molar-refractivity contribution in [2.45, 2.75) is 25.2 Å². The Hall–Kier alpha value is -2.57. The number of allylic oxidation sites excluding steroid dienone is 8. The Morgan fingerprint density at radius 2 is 1.06 bits per heavy atom. The molecule has 168 valence electrons. The first kappa shape index (κ1) is 28.4. The summed E-state index contributed by atoms with van der Waals surface area (Å²) in [7, 11) is 0. The topological polar surface area (TPSA) is 121 Å². The number of halogens is 6. The third-order valence-corrected chi connectivity index (χ3v) is 8.82. The quantitative estimate of drug-likeness (QED) is 0.216. The monoisotopic (exact) mass is 620 g/mol. The van der Waals surface area contributed by atoms with Gasteiger partial charge in [-0.25, -0.2) is 0 Å². The van der Waals surface area contributed by atoms with Crippen LogP contribution in [0.1, 0.15) is 12.8 Å². The van der Waals surface area contributed by atoms with E-state index < -0.39 is 69.9 Å². The van der Waals surface area contributed by atoms with Crippen LogP contribution >= 0.6 is 0 Å². The van der Waals surface area contributed by atoms with E-state index in [0.717, 1.165) is 12.2 Å². The summed E-state index contributed by atoms with van der Waals surface area (Å²) >= 11 is -2.26. The van der Waals surface area contributed by atoms with Crippen LogP contribution in [0.5, 0.6) is 0 Å². The second kappa shape index (κ2) is 11.7. The predicted molar refractivity (Wildman–Crippen MR) is 87.2 cm³/mol. The summed E-state index contributed by atoms with van der Waals surface area (Å²) in [5.41, 5.74) is -1.45. The van der Waals surface area contributed by atoms with E-state index in [4.69, 9.17) is 10.2 Å². The average molecular weight is 619 g/mol. The van der Waals surface area contributed by atoms with Gasteiger partial charge in [0.15, 0.2) is 0 Å². The predicted octanol–water partition coefficient (Wildman–Crippen LogP) is 2.24. The van der Waals surface area contributed by atoms with Crippen LogP contribution in [-0.4, -0.2) is 34.5 Å². The summed E-state index contributed by atoms with van der Waals surface area (Å²) in [6.07, 6.45) is -3.90. The van der Waals surface area contributed by atoms with E-state index in [2.05, 4.69) is 13.2 Å². The molecule has 2 aliphatic carbocycles. The molecule has 2 rings (SSSR count). The SMILES string of the molecule is C=C(O)C(=O)[O-].C=C(O)C(=O)[O-].FC(F)(F)C1=[C]([Hf+2][C]2=C(C(F)(F)F)C=CC2)CC=C1. The maximum atomic E-state index is 12.7. The molecule has 0 bridgehead atoms. The number of aliphatic carboxylic acids is 2. The molecule has 0 atom stereocenters. The van der Waals surface area contributed by atoms with Gasteiger partial charge < -0.3 is 30.0 Å². The Labute approximate surface area is 183 Å². The molecule has 0 heterocycles. The molecular weight excluding hydrogens is 605 g/mol. The Balaban J connectivity index is 0.000000620. The fourth-order valence-corrected chi connectivity index (χ4v) is 7.43. The molecule has 13 heteroatoms. The van der Waals surface area contributed by atoms with Crippen molar-refractivity contribution >= 4 is 11.9 Å². The zero-order valence-electron chi connectivity index (χ0n) is 15.4. The molecule has 0 unspecified atom stereocenters. The van der Waals surface area contributed by atoms with Gasteiger partial charge in [-0.05, 0) is 0 Å². The van der Waals surface area contributed by atoms with Crippen molar-refractivity contribution in [3.63, 3.8) is 0 Å². The number of aliphatic hydroxyl groups is 2. The van der Waals surface area contributed by atoms with E-state index in [1.54, 1.807) is 0 Å². The Morgan fingerprint density at radius 3 is 1.26 bits per heavy atom. The molecular formula is C18H14F6HfO6. The Bertz CT molecular complexity index is 768.